The minimum Gasteiger partial charge on any atom is -0.383 e. The van der Waals surface area contributed by atoms with Crippen molar-refractivity contribution >= 4 is 26.5 Å². The number of pyridine rings is 1. The van der Waals surface area contributed by atoms with E-state index in [1.165, 1.54) is 6.20 Å². The molecule has 8 heteroatoms. The fourth-order valence-electron chi connectivity index (χ4n) is 2.12. The molecule has 0 saturated carbocycles. The number of sulfonamides is 1. The Balaban J connectivity index is 2.16. The van der Waals surface area contributed by atoms with Crippen molar-refractivity contribution < 1.29 is 12.6 Å². The van der Waals surface area contributed by atoms with Crippen LogP contribution in [-0.4, -0.2) is 41.7 Å². The third-order valence-corrected chi connectivity index (χ3v) is 5.96. The summed E-state index contributed by atoms with van der Waals surface area (Å²) in [6.45, 7) is 2.52. The number of nitrogens with zero attached hydrogens (tertiary/aromatic N) is 1. The summed E-state index contributed by atoms with van der Waals surface area (Å²) >= 11 is 0. The smallest absolute Gasteiger partial charge is 0.260 e. The fraction of sp³-hybridized carbons (Fsp3) is 0.583. The van der Waals surface area contributed by atoms with Crippen LogP contribution in [0.5, 0.6) is 0 Å². The molecule has 0 aliphatic carbocycles. The summed E-state index contributed by atoms with van der Waals surface area (Å²) in [5.41, 5.74) is 0.502. The molecule has 0 radical (unpaired) electrons. The minimum absolute atomic E-state index is 0.0218. The second-order valence-corrected chi connectivity index (χ2v) is 7.96. The lowest BCUT2D eigenvalue weighted by Gasteiger charge is -2.22. The molecule has 20 heavy (non-hydrogen) atoms. The highest BCUT2D eigenvalue weighted by Crippen LogP contribution is 2.19. The van der Waals surface area contributed by atoms with Gasteiger partial charge < -0.3 is 5.32 Å². The maximum atomic E-state index is 12.4. The summed E-state index contributed by atoms with van der Waals surface area (Å²) in [5, 5.41) is 3.02. The molecule has 1 saturated heterocycles. The van der Waals surface area contributed by atoms with E-state index in [9.17, 15) is 12.6 Å². The minimum atomic E-state index is -3.65. The maximum Gasteiger partial charge on any atom is 0.260 e. The molecule has 1 aromatic heterocycles. The predicted octanol–water partition coefficient (Wildman–Crippen LogP) is 0.703. The van der Waals surface area contributed by atoms with Crippen LogP contribution in [0, 0.1) is 0 Å². The van der Waals surface area contributed by atoms with Gasteiger partial charge in [-0.05, 0) is 31.9 Å². The summed E-state index contributed by atoms with van der Waals surface area (Å²) < 4.78 is 38.7. The Kier molecular flexibility index (Phi) is 5.11. The van der Waals surface area contributed by atoms with E-state index in [1.54, 1.807) is 12.1 Å². The molecule has 112 valence electrons. The van der Waals surface area contributed by atoms with Gasteiger partial charge in [-0.1, -0.05) is 0 Å². The highest BCUT2D eigenvalue weighted by atomic mass is 32.2. The molecule has 0 amide bonds. The quantitative estimate of drug-likeness (QED) is 0.835. The Labute approximate surface area is 121 Å². The second kappa shape index (κ2) is 6.64. The second-order valence-electron chi connectivity index (χ2n) is 4.63. The van der Waals surface area contributed by atoms with Gasteiger partial charge >= 0.3 is 0 Å². The van der Waals surface area contributed by atoms with Crippen molar-refractivity contribution in [2.75, 3.05) is 23.4 Å². The van der Waals surface area contributed by atoms with Crippen molar-refractivity contribution in [1.82, 2.24) is 9.71 Å². The number of anilines is 1. The number of hydrogen-bond donors (Lipinski definition) is 2. The van der Waals surface area contributed by atoms with Gasteiger partial charge in [-0.25, -0.2) is 18.1 Å². The molecule has 6 nitrogen and oxygen atoms in total. The molecule has 0 aromatic carbocycles. The van der Waals surface area contributed by atoms with Crippen molar-refractivity contribution in [3.05, 3.63) is 18.3 Å². The van der Waals surface area contributed by atoms with E-state index < -0.39 is 20.8 Å². The molecule has 0 unspecified atom stereocenters. The van der Waals surface area contributed by atoms with Gasteiger partial charge in [0.1, 0.15) is 0 Å². The molecular weight excluding hydrogens is 298 g/mol. The molecule has 1 aliphatic rings. The molecule has 0 spiro atoms. The van der Waals surface area contributed by atoms with Crippen LogP contribution in [0.15, 0.2) is 23.4 Å². The normalized spacial score (nSPS) is 23.4. The first-order chi connectivity index (χ1) is 9.53. The first kappa shape index (κ1) is 15.4. The number of aromatic nitrogens is 1. The van der Waals surface area contributed by atoms with E-state index in [4.69, 9.17) is 0 Å². The topological polar surface area (TPSA) is 88.2 Å². The molecule has 0 bridgehead atoms. The number of nitrogens with one attached hydrogen (secondary N) is 2. The highest BCUT2D eigenvalue weighted by Gasteiger charge is 2.26. The van der Waals surface area contributed by atoms with E-state index in [1.807, 2.05) is 6.92 Å². The Morgan fingerprint density at radius 3 is 2.75 bits per heavy atom. The monoisotopic (exact) mass is 317 g/mol. The van der Waals surface area contributed by atoms with E-state index in [0.29, 0.717) is 36.6 Å². The van der Waals surface area contributed by atoms with Crippen LogP contribution in [0.4, 0.5) is 5.69 Å². The van der Waals surface area contributed by atoms with Crippen molar-refractivity contribution in [1.29, 1.82) is 0 Å². The SMILES string of the molecule is CCNc1cccnc1S(=O)(=O)NC1CCS(=O)CC1. The van der Waals surface area contributed by atoms with E-state index in [2.05, 4.69) is 15.0 Å². The Morgan fingerprint density at radius 1 is 1.40 bits per heavy atom. The van der Waals surface area contributed by atoms with Gasteiger partial charge in [-0.15, -0.1) is 0 Å². The standard InChI is InChI=1S/C12H19N3O3S2/c1-2-13-11-4-3-7-14-12(11)20(17,18)15-10-5-8-19(16)9-6-10/h3-4,7,10,13,15H,2,5-6,8-9H2,1H3. The Bertz CT molecular complexity index is 579. The third kappa shape index (κ3) is 3.77. The average Bonchev–Trinajstić information content (AvgIpc) is 2.42. The predicted molar refractivity (Wildman–Crippen MR) is 79.6 cm³/mol. The van der Waals surface area contributed by atoms with Crippen LogP contribution in [0.1, 0.15) is 19.8 Å². The zero-order valence-corrected chi connectivity index (χ0v) is 13.0. The van der Waals surface area contributed by atoms with Gasteiger partial charge in [0, 0.05) is 41.1 Å². The Morgan fingerprint density at radius 2 is 2.10 bits per heavy atom. The van der Waals surface area contributed by atoms with Gasteiger partial charge in [0.25, 0.3) is 10.0 Å². The molecule has 1 aliphatic heterocycles. The van der Waals surface area contributed by atoms with E-state index in [0.717, 1.165) is 0 Å². The lowest BCUT2D eigenvalue weighted by atomic mass is 10.2. The van der Waals surface area contributed by atoms with E-state index >= 15 is 0 Å². The van der Waals surface area contributed by atoms with Crippen molar-refractivity contribution in [2.45, 2.75) is 30.8 Å². The summed E-state index contributed by atoms with van der Waals surface area (Å²) in [7, 11) is -4.46. The molecule has 1 aromatic rings. The van der Waals surface area contributed by atoms with Crippen LogP contribution in [0.2, 0.25) is 0 Å². The first-order valence-electron chi connectivity index (χ1n) is 6.59. The van der Waals surface area contributed by atoms with Crippen LogP contribution in [0.3, 0.4) is 0 Å². The van der Waals surface area contributed by atoms with Crippen molar-refractivity contribution in [3.8, 4) is 0 Å². The summed E-state index contributed by atoms with van der Waals surface area (Å²) in [6.07, 6.45) is 2.68. The van der Waals surface area contributed by atoms with Gasteiger partial charge in [-0.3, -0.25) is 4.21 Å². The van der Waals surface area contributed by atoms with Crippen LogP contribution in [0.25, 0.3) is 0 Å². The van der Waals surface area contributed by atoms with Gasteiger partial charge in [0.15, 0.2) is 5.03 Å². The summed E-state index contributed by atoms with van der Waals surface area (Å²) in [6, 6.07) is 3.23. The molecular formula is C12H19N3O3S2. The molecule has 2 heterocycles. The van der Waals surface area contributed by atoms with E-state index in [-0.39, 0.29) is 11.1 Å². The van der Waals surface area contributed by atoms with Crippen LogP contribution in [-0.2, 0) is 20.8 Å². The largest absolute Gasteiger partial charge is 0.383 e. The maximum absolute atomic E-state index is 12.4. The van der Waals surface area contributed by atoms with Crippen molar-refractivity contribution in [3.63, 3.8) is 0 Å². The zero-order chi connectivity index (χ0) is 14.6. The molecule has 2 N–H and O–H groups in total. The van der Waals surface area contributed by atoms with Gasteiger partial charge in [-0.2, -0.15) is 0 Å². The highest BCUT2D eigenvalue weighted by molar-refractivity contribution is 7.89. The van der Waals surface area contributed by atoms with Crippen LogP contribution < -0.4 is 10.0 Å². The summed E-state index contributed by atoms with van der Waals surface area (Å²) in [4.78, 5) is 3.98. The number of hydrogen-bond acceptors (Lipinski definition) is 5. The number of rotatable bonds is 5. The lowest BCUT2D eigenvalue weighted by molar-refractivity contribution is 0.520. The lowest BCUT2D eigenvalue weighted by Crippen LogP contribution is -2.40. The average molecular weight is 317 g/mol. The first-order valence-corrected chi connectivity index (χ1v) is 9.56. The van der Waals surface area contributed by atoms with Gasteiger partial charge in [0.05, 0.1) is 5.69 Å². The van der Waals surface area contributed by atoms with Gasteiger partial charge in [0.2, 0.25) is 0 Å². The molecule has 0 atom stereocenters. The fourth-order valence-corrected chi connectivity index (χ4v) is 4.83. The summed E-state index contributed by atoms with van der Waals surface area (Å²) in [5.74, 6) is 1.10. The van der Waals surface area contributed by atoms with Crippen LogP contribution >= 0.6 is 0 Å². The molecule has 2 rings (SSSR count). The zero-order valence-electron chi connectivity index (χ0n) is 11.3. The van der Waals surface area contributed by atoms with Crippen molar-refractivity contribution in [2.24, 2.45) is 0 Å². The Hall–Kier alpha value is -0.990. The third-order valence-electron chi connectivity index (χ3n) is 3.10. The molecule has 1 fully saturated rings.